The van der Waals surface area contributed by atoms with Gasteiger partial charge in [0.25, 0.3) is 0 Å². The van der Waals surface area contributed by atoms with Crippen molar-refractivity contribution in [3.05, 3.63) is 42.2 Å². The third-order valence-corrected chi connectivity index (χ3v) is 6.63. The maximum atomic E-state index is 12.4. The van der Waals surface area contributed by atoms with Crippen LogP contribution in [0.1, 0.15) is 32.8 Å². The normalized spacial score (nSPS) is 20.5. The predicted octanol–water partition coefficient (Wildman–Crippen LogP) is 2.66. The molecule has 4 rings (SSSR count). The third kappa shape index (κ3) is 4.95. The molecule has 172 valence electrons. The van der Waals surface area contributed by atoms with Crippen LogP contribution in [0.4, 0.5) is 10.7 Å². The van der Waals surface area contributed by atoms with Crippen molar-refractivity contribution < 1.29 is 22.7 Å². The number of aromatic nitrogens is 2. The molecule has 9 nitrogen and oxygen atoms in total. The number of hydrogen-bond acceptors (Lipinski definition) is 8. The second-order valence-corrected chi connectivity index (χ2v) is 11.3. The van der Waals surface area contributed by atoms with Gasteiger partial charge in [0.1, 0.15) is 12.2 Å². The van der Waals surface area contributed by atoms with Crippen LogP contribution in [-0.4, -0.2) is 66.4 Å². The van der Waals surface area contributed by atoms with E-state index >= 15 is 0 Å². The number of carbonyl (C=O) groups is 1. The molecular weight excluding hydrogens is 432 g/mol. The highest BCUT2D eigenvalue weighted by molar-refractivity contribution is 7.90. The zero-order valence-electron chi connectivity index (χ0n) is 18.7. The maximum Gasteiger partial charge on any atom is 0.410 e. The monoisotopic (exact) mass is 460 g/mol. The Morgan fingerprint density at radius 2 is 1.75 bits per heavy atom. The van der Waals surface area contributed by atoms with E-state index in [2.05, 4.69) is 14.9 Å². The van der Waals surface area contributed by atoms with Crippen LogP contribution in [0.5, 0.6) is 5.75 Å². The van der Waals surface area contributed by atoms with Gasteiger partial charge in [0.05, 0.1) is 29.4 Å². The summed E-state index contributed by atoms with van der Waals surface area (Å²) < 4.78 is 34.3. The van der Waals surface area contributed by atoms with E-state index in [4.69, 9.17) is 9.47 Å². The molecule has 10 heteroatoms. The van der Waals surface area contributed by atoms with E-state index in [1.54, 1.807) is 41.6 Å². The minimum atomic E-state index is -3.21. The van der Waals surface area contributed by atoms with E-state index in [0.29, 0.717) is 24.8 Å². The molecule has 2 saturated heterocycles. The lowest BCUT2D eigenvalue weighted by Crippen LogP contribution is -2.50. The Morgan fingerprint density at radius 3 is 2.28 bits per heavy atom. The van der Waals surface area contributed by atoms with Crippen LogP contribution >= 0.6 is 0 Å². The number of anilines is 1. The Morgan fingerprint density at radius 1 is 1.09 bits per heavy atom. The van der Waals surface area contributed by atoms with Crippen molar-refractivity contribution in [3.8, 4) is 5.75 Å². The van der Waals surface area contributed by atoms with Gasteiger partial charge in [-0.05, 0) is 44.9 Å². The van der Waals surface area contributed by atoms with Crippen LogP contribution in [-0.2, 0) is 21.2 Å². The molecule has 2 atom stereocenters. The number of carbonyl (C=O) groups excluding carboxylic acids is 1. The van der Waals surface area contributed by atoms with Crippen molar-refractivity contribution in [1.29, 1.82) is 0 Å². The molecule has 1 aromatic carbocycles. The lowest BCUT2D eigenvalue weighted by molar-refractivity contribution is 0.0214. The Labute approximate surface area is 188 Å². The lowest BCUT2D eigenvalue weighted by Gasteiger charge is -2.35. The molecule has 0 unspecified atom stereocenters. The van der Waals surface area contributed by atoms with Gasteiger partial charge in [0, 0.05) is 19.3 Å². The molecular formula is C22H28N4O5S. The number of sulfone groups is 1. The fourth-order valence-electron chi connectivity index (χ4n) is 3.99. The summed E-state index contributed by atoms with van der Waals surface area (Å²) in [6.07, 6.45) is 5.05. The Balaban J connectivity index is 1.32. The molecule has 2 aliphatic rings. The first-order valence-corrected chi connectivity index (χ1v) is 12.4. The van der Waals surface area contributed by atoms with Crippen molar-refractivity contribution >= 4 is 21.9 Å². The first-order chi connectivity index (χ1) is 15.0. The van der Waals surface area contributed by atoms with Crippen molar-refractivity contribution in [1.82, 2.24) is 14.9 Å². The molecule has 0 spiro atoms. The fraction of sp³-hybridized carbons (Fsp3) is 0.500. The number of nitrogens with zero attached hydrogens (tertiary/aromatic N) is 4. The topological polar surface area (TPSA) is 102 Å². The molecule has 0 saturated carbocycles. The highest BCUT2D eigenvalue weighted by Gasteiger charge is 2.47. The second-order valence-electron chi connectivity index (χ2n) is 9.25. The maximum absolute atomic E-state index is 12.4. The van der Waals surface area contributed by atoms with Crippen LogP contribution in [0, 0.1) is 0 Å². The van der Waals surface area contributed by atoms with Crippen molar-refractivity contribution in [2.45, 2.75) is 56.4 Å². The summed E-state index contributed by atoms with van der Waals surface area (Å²) in [6, 6.07) is 6.86. The number of likely N-dealkylation sites (tertiary alicyclic amines) is 1. The molecule has 0 N–H and O–H groups in total. The Kier molecular flexibility index (Phi) is 5.74. The average Bonchev–Trinajstić information content (AvgIpc) is 3.32. The summed E-state index contributed by atoms with van der Waals surface area (Å²) in [5.41, 5.74) is 0.341. The Hall–Kier alpha value is -2.88. The molecule has 2 aliphatic heterocycles. The molecule has 0 radical (unpaired) electrons. The van der Waals surface area contributed by atoms with Gasteiger partial charge >= 0.3 is 6.09 Å². The summed E-state index contributed by atoms with van der Waals surface area (Å²) in [5, 5.41) is 0. The van der Waals surface area contributed by atoms with Gasteiger partial charge in [-0.3, -0.25) is 0 Å². The number of piperazine rings is 1. The molecule has 3 heterocycles. The summed E-state index contributed by atoms with van der Waals surface area (Å²) in [7, 11) is -3.21. The smallest absolute Gasteiger partial charge is 0.410 e. The summed E-state index contributed by atoms with van der Waals surface area (Å²) in [5.74, 6) is 1.15. The van der Waals surface area contributed by atoms with E-state index in [1.807, 2.05) is 20.8 Å². The quantitative estimate of drug-likeness (QED) is 0.671. The number of ether oxygens (including phenoxy) is 2. The summed E-state index contributed by atoms with van der Waals surface area (Å²) in [6.45, 7) is 7.17. The first kappa shape index (κ1) is 22.3. The van der Waals surface area contributed by atoms with Gasteiger partial charge in [-0.1, -0.05) is 12.1 Å². The fourth-order valence-corrected chi connectivity index (χ4v) is 4.62. The van der Waals surface area contributed by atoms with Gasteiger partial charge in [0.15, 0.2) is 15.6 Å². The SMILES string of the molecule is CC(C)(C)OC(=O)N1C[C@@H]2C[C@H]1CN2c1ncc(OCc2ccc(S(C)(=O)=O)cc2)cn1. The summed E-state index contributed by atoms with van der Waals surface area (Å²) in [4.78, 5) is 25.5. The van der Waals surface area contributed by atoms with Crippen LogP contribution in [0.2, 0.25) is 0 Å². The Bertz CT molecular complexity index is 1080. The zero-order chi connectivity index (χ0) is 23.1. The van der Waals surface area contributed by atoms with Crippen molar-refractivity contribution in [2.75, 3.05) is 24.2 Å². The van der Waals surface area contributed by atoms with Crippen LogP contribution in [0.25, 0.3) is 0 Å². The largest absolute Gasteiger partial charge is 0.486 e. The summed E-state index contributed by atoms with van der Waals surface area (Å²) >= 11 is 0. The molecule has 2 fully saturated rings. The number of fused-ring (bicyclic) bond motifs is 2. The van der Waals surface area contributed by atoms with Crippen molar-refractivity contribution in [2.24, 2.45) is 0 Å². The van der Waals surface area contributed by atoms with Gasteiger partial charge < -0.3 is 19.3 Å². The van der Waals surface area contributed by atoms with Gasteiger partial charge in [-0.25, -0.2) is 23.2 Å². The number of benzene rings is 1. The van der Waals surface area contributed by atoms with E-state index in [-0.39, 0.29) is 29.7 Å². The van der Waals surface area contributed by atoms with E-state index in [1.165, 1.54) is 6.26 Å². The zero-order valence-corrected chi connectivity index (χ0v) is 19.5. The second kappa shape index (κ2) is 8.23. The highest BCUT2D eigenvalue weighted by Crippen LogP contribution is 2.34. The number of rotatable bonds is 5. The van der Waals surface area contributed by atoms with Gasteiger partial charge in [-0.15, -0.1) is 0 Å². The van der Waals surface area contributed by atoms with Crippen LogP contribution in [0.3, 0.4) is 0 Å². The molecule has 32 heavy (non-hydrogen) atoms. The minimum Gasteiger partial charge on any atom is -0.486 e. The first-order valence-electron chi connectivity index (χ1n) is 10.5. The molecule has 1 amide bonds. The molecule has 0 aliphatic carbocycles. The predicted molar refractivity (Wildman–Crippen MR) is 118 cm³/mol. The van der Waals surface area contributed by atoms with E-state index in [0.717, 1.165) is 12.0 Å². The standard InChI is InChI=1S/C22H28N4O5S/c1-22(2,3)31-21(27)26-13-16-9-17(26)12-25(16)20-23-10-18(11-24-20)30-14-15-5-7-19(8-6-15)32(4,28)29/h5-8,10-11,16-17H,9,12-14H2,1-4H3/t16-,17-/m0/s1. The van der Waals surface area contributed by atoms with Gasteiger partial charge in [0.2, 0.25) is 5.95 Å². The third-order valence-electron chi connectivity index (χ3n) is 5.50. The molecule has 2 bridgehead atoms. The van der Waals surface area contributed by atoms with Crippen LogP contribution in [0.15, 0.2) is 41.6 Å². The lowest BCUT2D eigenvalue weighted by atomic mass is 10.2. The van der Waals surface area contributed by atoms with Gasteiger partial charge in [-0.2, -0.15) is 0 Å². The molecule has 2 aromatic rings. The minimum absolute atomic E-state index is 0.101. The number of hydrogen-bond donors (Lipinski definition) is 0. The van der Waals surface area contributed by atoms with E-state index < -0.39 is 15.4 Å². The molecule has 1 aromatic heterocycles. The van der Waals surface area contributed by atoms with Crippen LogP contribution < -0.4 is 9.64 Å². The average molecular weight is 461 g/mol. The van der Waals surface area contributed by atoms with E-state index in [9.17, 15) is 13.2 Å². The highest BCUT2D eigenvalue weighted by atomic mass is 32.2. The van der Waals surface area contributed by atoms with Crippen molar-refractivity contribution in [3.63, 3.8) is 0 Å². The number of amides is 1.